The summed E-state index contributed by atoms with van der Waals surface area (Å²) >= 11 is 0. The van der Waals surface area contributed by atoms with Crippen LogP contribution in [0.15, 0.2) is 22.7 Å². The minimum atomic E-state index is -0.624. The van der Waals surface area contributed by atoms with Gasteiger partial charge in [0.1, 0.15) is 6.54 Å². The van der Waals surface area contributed by atoms with Crippen LogP contribution in [0.2, 0.25) is 0 Å². The summed E-state index contributed by atoms with van der Waals surface area (Å²) in [5.74, 6) is -0.993. The van der Waals surface area contributed by atoms with Crippen LogP contribution >= 0.6 is 0 Å². The number of carbonyl (C=O) groups is 3. The second-order valence-electron chi connectivity index (χ2n) is 6.36. The van der Waals surface area contributed by atoms with Crippen molar-refractivity contribution in [3.63, 3.8) is 0 Å². The van der Waals surface area contributed by atoms with Crippen LogP contribution in [-0.2, 0) is 25.7 Å². The Hall–Kier alpha value is -2.44. The maximum absolute atomic E-state index is 12.4. The van der Waals surface area contributed by atoms with Gasteiger partial charge in [0, 0.05) is 6.07 Å². The maximum Gasteiger partial charge on any atom is 0.326 e. The van der Waals surface area contributed by atoms with Crippen molar-refractivity contribution in [2.45, 2.75) is 20.0 Å². The number of likely N-dealkylation sites (tertiary alicyclic amines) is 1. The van der Waals surface area contributed by atoms with E-state index in [1.54, 1.807) is 13.0 Å². The Bertz CT molecular complexity index is 692. The summed E-state index contributed by atoms with van der Waals surface area (Å²) in [6.07, 6.45) is 4.91. The lowest BCUT2D eigenvalue weighted by Gasteiger charge is -2.15. The Morgan fingerprint density at radius 3 is 2.52 bits per heavy atom. The predicted octanol–water partition coefficient (Wildman–Crippen LogP) is 0.833. The molecule has 2 amide bonds. The standard InChI is InChI=1S/C16H16N2O5/c1-8-4-11(23-17-8)7-22-12(19)6-18-15(20)13-9-2-3-10(5-9)14(13)16(18)21/h2-4,9-10,13-14H,5-7H2,1H3/t9-,10-,13+,14+/m0/s1. The van der Waals surface area contributed by atoms with Crippen molar-refractivity contribution < 1.29 is 23.6 Å². The van der Waals surface area contributed by atoms with Crippen LogP contribution in [0.3, 0.4) is 0 Å². The molecule has 2 bridgehead atoms. The zero-order valence-electron chi connectivity index (χ0n) is 12.6. The summed E-state index contributed by atoms with van der Waals surface area (Å²) in [7, 11) is 0. The number of ether oxygens (including phenoxy) is 1. The molecule has 0 unspecified atom stereocenters. The van der Waals surface area contributed by atoms with Gasteiger partial charge < -0.3 is 9.26 Å². The molecule has 0 aromatic carbocycles. The SMILES string of the molecule is Cc1cc(COC(=O)CN2C(=O)[C@H]3[C@H](C2=O)[C@H]2C=C[C@H]3C2)on1. The second-order valence-corrected chi connectivity index (χ2v) is 6.36. The molecule has 4 rings (SSSR count). The van der Waals surface area contributed by atoms with Crippen LogP contribution in [0, 0.1) is 30.6 Å². The van der Waals surface area contributed by atoms with Crippen molar-refractivity contribution in [1.82, 2.24) is 10.1 Å². The third kappa shape index (κ3) is 2.18. The minimum Gasteiger partial charge on any atom is -0.456 e. The smallest absolute Gasteiger partial charge is 0.326 e. The van der Waals surface area contributed by atoms with Crippen molar-refractivity contribution in [3.8, 4) is 0 Å². The maximum atomic E-state index is 12.4. The molecule has 0 radical (unpaired) electrons. The topological polar surface area (TPSA) is 89.7 Å². The molecule has 2 fully saturated rings. The molecule has 3 aliphatic rings. The number of rotatable bonds is 4. The molecule has 2 aliphatic carbocycles. The van der Waals surface area contributed by atoms with Crippen LogP contribution < -0.4 is 0 Å². The molecule has 7 heteroatoms. The van der Waals surface area contributed by atoms with Crippen LogP contribution in [0.4, 0.5) is 0 Å². The van der Waals surface area contributed by atoms with Crippen molar-refractivity contribution >= 4 is 17.8 Å². The highest BCUT2D eigenvalue weighted by Crippen LogP contribution is 2.52. The molecule has 7 nitrogen and oxygen atoms in total. The van der Waals surface area contributed by atoms with Gasteiger partial charge in [0.05, 0.1) is 17.5 Å². The number of amides is 2. The van der Waals surface area contributed by atoms with E-state index in [0.717, 1.165) is 11.3 Å². The summed E-state index contributed by atoms with van der Waals surface area (Å²) < 4.78 is 10.00. The van der Waals surface area contributed by atoms with Gasteiger partial charge in [0.2, 0.25) is 11.8 Å². The Morgan fingerprint density at radius 2 is 1.96 bits per heavy atom. The lowest BCUT2D eigenvalue weighted by molar-refractivity contribution is -0.154. The number of nitrogens with zero attached hydrogens (tertiary/aromatic N) is 2. The molecule has 0 N–H and O–H groups in total. The van der Waals surface area contributed by atoms with Gasteiger partial charge in [-0.15, -0.1) is 0 Å². The van der Waals surface area contributed by atoms with Gasteiger partial charge in [-0.1, -0.05) is 17.3 Å². The fourth-order valence-electron chi connectivity index (χ4n) is 3.93. The highest BCUT2D eigenvalue weighted by Gasteiger charge is 2.59. The predicted molar refractivity (Wildman–Crippen MR) is 75.5 cm³/mol. The van der Waals surface area contributed by atoms with Gasteiger partial charge in [-0.3, -0.25) is 19.3 Å². The van der Waals surface area contributed by atoms with E-state index in [1.807, 2.05) is 12.2 Å². The van der Waals surface area contributed by atoms with Crippen LogP contribution in [-0.4, -0.2) is 34.4 Å². The number of hydrogen-bond donors (Lipinski definition) is 0. The molecule has 1 saturated heterocycles. The normalized spacial score (nSPS) is 31.1. The lowest BCUT2D eigenvalue weighted by Crippen LogP contribution is -2.37. The zero-order valence-corrected chi connectivity index (χ0v) is 12.6. The van der Waals surface area contributed by atoms with E-state index in [0.29, 0.717) is 11.5 Å². The second kappa shape index (κ2) is 5.04. The summed E-state index contributed by atoms with van der Waals surface area (Å²) in [5, 5.41) is 3.69. The first kappa shape index (κ1) is 14.2. The molecule has 1 aromatic rings. The number of esters is 1. The van der Waals surface area contributed by atoms with Gasteiger partial charge in [0.15, 0.2) is 12.4 Å². The molecule has 120 valence electrons. The fourth-order valence-corrected chi connectivity index (χ4v) is 3.93. The van der Waals surface area contributed by atoms with Crippen molar-refractivity contribution in [3.05, 3.63) is 29.7 Å². The number of allylic oxidation sites excluding steroid dienone is 2. The number of aromatic nitrogens is 1. The van der Waals surface area contributed by atoms with E-state index >= 15 is 0 Å². The number of imide groups is 1. The molecule has 4 atom stereocenters. The number of carbonyl (C=O) groups excluding carboxylic acids is 3. The summed E-state index contributed by atoms with van der Waals surface area (Å²) in [5.41, 5.74) is 0.691. The Balaban J connectivity index is 1.38. The Morgan fingerprint density at radius 1 is 1.30 bits per heavy atom. The third-order valence-corrected chi connectivity index (χ3v) is 4.90. The van der Waals surface area contributed by atoms with E-state index in [9.17, 15) is 14.4 Å². The number of fused-ring (bicyclic) bond motifs is 5. The highest BCUT2D eigenvalue weighted by atomic mass is 16.5. The average molecular weight is 316 g/mol. The van der Waals surface area contributed by atoms with Crippen molar-refractivity contribution in [1.29, 1.82) is 0 Å². The van der Waals surface area contributed by atoms with Crippen LogP contribution in [0.5, 0.6) is 0 Å². The van der Waals surface area contributed by atoms with E-state index in [-0.39, 0.29) is 48.6 Å². The van der Waals surface area contributed by atoms with Gasteiger partial charge in [0.25, 0.3) is 0 Å². The molecule has 1 aromatic heterocycles. The molecular weight excluding hydrogens is 300 g/mol. The van der Waals surface area contributed by atoms with Crippen LogP contribution in [0.1, 0.15) is 17.9 Å². The van der Waals surface area contributed by atoms with Gasteiger partial charge in [-0.2, -0.15) is 0 Å². The molecule has 2 heterocycles. The summed E-state index contributed by atoms with van der Waals surface area (Å²) in [6, 6.07) is 1.66. The van der Waals surface area contributed by atoms with E-state index in [2.05, 4.69) is 5.16 Å². The van der Waals surface area contributed by atoms with Crippen molar-refractivity contribution in [2.24, 2.45) is 23.7 Å². The molecule has 1 aliphatic heterocycles. The Labute approximate surface area is 132 Å². The first-order chi connectivity index (χ1) is 11.0. The van der Waals surface area contributed by atoms with E-state index in [1.165, 1.54) is 0 Å². The molecule has 1 saturated carbocycles. The number of hydrogen-bond acceptors (Lipinski definition) is 6. The molecular formula is C16H16N2O5. The van der Waals surface area contributed by atoms with Crippen molar-refractivity contribution in [2.75, 3.05) is 6.54 Å². The number of aryl methyl sites for hydroxylation is 1. The first-order valence-electron chi connectivity index (χ1n) is 7.66. The Kier molecular flexibility index (Phi) is 3.11. The monoisotopic (exact) mass is 316 g/mol. The zero-order chi connectivity index (χ0) is 16.1. The van der Waals surface area contributed by atoms with Gasteiger partial charge in [-0.25, -0.2) is 0 Å². The molecule has 23 heavy (non-hydrogen) atoms. The van der Waals surface area contributed by atoms with E-state index in [4.69, 9.17) is 9.26 Å². The minimum absolute atomic E-state index is 0.0600. The van der Waals surface area contributed by atoms with E-state index < -0.39 is 5.97 Å². The van der Waals surface area contributed by atoms with Gasteiger partial charge in [-0.05, 0) is 25.2 Å². The average Bonchev–Trinajstić information content (AvgIpc) is 3.27. The lowest BCUT2D eigenvalue weighted by atomic mass is 9.85. The molecule has 0 spiro atoms. The first-order valence-corrected chi connectivity index (χ1v) is 7.66. The summed E-state index contributed by atoms with van der Waals surface area (Å²) in [4.78, 5) is 37.8. The highest BCUT2D eigenvalue weighted by molar-refractivity contribution is 6.08. The van der Waals surface area contributed by atoms with Gasteiger partial charge >= 0.3 is 5.97 Å². The van der Waals surface area contributed by atoms with Crippen LogP contribution in [0.25, 0.3) is 0 Å². The largest absolute Gasteiger partial charge is 0.456 e. The summed E-state index contributed by atoms with van der Waals surface area (Å²) in [6.45, 7) is 1.37. The third-order valence-electron chi connectivity index (χ3n) is 4.90. The quantitative estimate of drug-likeness (QED) is 0.464. The fraction of sp³-hybridized carbons (Fsp3) is 0.500.